The number of carbonyl (C=O) groups excluding carboxylic acids is 1. The summed E-state index contributed by atoms with van der Waals surface area (Å²) in [5, 5.41) is 9.27. The van der Waals surface area contributed by atoms with E-state index in [1.54, 1.807) is 23.1 Å². The molecule has 3 aromatic heterocycles. The van der Waals surface area contributed by atoms with Gasteiger partial charge < -0.3 is 20.9 Å². The highest BCUT2D eigenvalue weighted by Gasteiger charge is 2.18. The second kappa shape index (κ2) is 8.67. The number of pyridine rings is 2. The van der Waals surface area contributed by atoms with Gasteiger partial charge in [-0.1, -0.05) is 12.2 Å². The van der Waals surface area contributed by atoms with Crippen LogP contribution in [-0.4, -0.2) is 63.8 Å². The average molecular weight is 445 g/mol. The van der Waals surface area contributed by atoms with Crippen molar-refractivity contribution in [2.45, 2.75) is 12.3 Å². The van der Waals surface area contributed by atoms with E-state index in [0.717, 1.165) is 54.4 Å². The third-order valence-corrected chi connectivity index (χ3v) is 6.43. The van der Waals surface area contributed by atoms with Crippen LogP contribution in [0.3, 0.4) is 0 Å². The van der Waals surface area contributed by atoms with Crippen LogP contribution in [0.4, 0.5) is 17.5 Å². The van der Waals surface area contributed by atoms with E-state index in [4.69, 9.17) is 5.73 Å². The Kier molecular flexibility index (Phi) is 5.55. The Bertz CT molecular complexity index is 1310. The van der Waals surface area contributed by atoms with Crippen molar-refractivity contribution in [1.29, 1.82) is 0 Å². The standard InChI is InChI=1S/C24H28N8O/c1-30-7-9-32(10-8-30)22-13-17(5-6-26-22)24(33)29-21-12-19-11-16(3-4-18(19)14-27-21)20-15-28-31(2)23(20)25/h4-6,11-16H,3,7-10,25H2,1-2H3,(H,29,33). The number of anilines is 3. The molecule has 2 aliphatic rings. The second-order valence-electron chi connectivity index (χ2n) is 8.67. The van der Waals surface area contributed by atoms with Crippen LogP contribution in [0.2, 0.25) is 0 Å². The number of nitrogen functional groups attached to an aromatic ring is 1. The number of aromatic nitrogens is 4. The molecule has 1 aliphatic carbocycles. The number of aryl methyl sites for hydroxylation is 1. The molecule has 1 unspecified atom stereocenters. The number of piperazine rings is 1. The summed E-state index contributed by atoms with van der Waals surface area (Å²) in [5.74, 6) is 1.95. The molecule has 0 saturated carbocycles. The van der Waals surface area contributed by atoms with Gasteiger partial charge in [0.15, 0.2) is 0 Å². The Morgan fingerprint density at radius 3 is 2.67 bits per heavy atom. The zero-order chi connectivity index (χ0) is 22.9. The van der Waals surface area contributed by atoms with Gasteiger partial charge >= 0.3 is 0 Å². The number of nitrogens with zero attached hydrogens (tertiary/aromatic N) is 6. The van der Waals surface area contributed by atoms with Gasteiger partial charge in [0.25, 0.3) is 5.91 Å². The van der Waals surface area contributed by atoms with Crippen LogP contribution in [0.1, 0.15) is 28.3 Å². The monoisotopic (exact) mass is 444 g/mol. The minimum atomic E-state index is -0.201. The van der Waals surface area contributed by atoms with Crippen LogP contribution in [-0.2, 0) is 7.05 Å². The first-order valence-corrected chi connectivity index (χ1v) is 11.1. The van der Waals surface area contributed by atoms with Crippen molar-refractivity contribution >= 4 is 35.5 Å². The largest absolute Gasteiger partial charge is 0.384 e. The Morgan fingerprint density at radius 1 is 1.09 bits per heavy atom. The van der Waals surface area contributed by atoms with Crippen LogP contribution < -0.4 is 26.4 Å². The van der Waals surface area contributed by atoms with Gasteiger partial charge in [0, 0.05) is 62.7 Å². The highest BCUT2D eigenvalue weighted by Crippen LogP contribution is 2.27. The van der Waals surface area contributed by atoms with E-state index in [-0.39, 0.29) is 11.8 Å². The van der Waals surface area contributed by atoms with Crippen LogP contribution >= 0.6 is 0 Å². The van der Waals surface area contributed by atoms with Crippen molar-refractivity contribution in [2.24, 2.45) is 7.05 Å². The SMILES string of the molecule is CN1CCN(c2cc(C(=O)Nc3cc4c(cn3)=CCC(c3cnn(C)c3N)C=4)ccn2)CC1. The van der Waals surface area contributed by atoms with Gasteiger partial charge in [0.2, 0.25) is 0 Å². The molecule has 170 valence electrons. The number of rotatable bonds is 4. The van der Waals surface area contributed by atoms with Crippen molar-refractivity contribution in [3.8, 4) is 0 Å². The smallest absolute Gasteiger partial charge is 0.257 e. The van der Waals surface area contributed by atoms with E-state index >= 15 is 0 Å². The summed E-state index contributed by atoms with van der Waals surface area (Å²) in [6, 6.07) is 5.49. The number of carbonyl (C=O) groups is 1. The third kappa shape index (κ3) is 4.31. The number of nitrogens with one attached hydrogen (secondary N) is 1. The van der Waals surface area contributed by atoms with Gasteiger partial charge in [-0.3, -0.25) is 9.48 Å². The maximum Gasteiger partial charge on any atom is 0.257 e. The molecule has 3 aromatic rings. The fourth-order valence-corrected chi connectivity index (χ4v) is 4.33. The quantitative estimate of drug-likeness (QED) is 0.605. The molecule has 1 aliphatic heterocycles. The van der Waals surface area contributed by atoms with Crippen molar-refractivity contribution in [3.05, 3.63) is 58.4 Å². The van der Waals surface area contributed by atoms with Gasteiger partial charge in [0.1, 0.15) is 17.5 Å². The molecule has 0 spiro atoms. The summed E-state index contributed by atoms with van der Waals surface area (Å²) < 4.78 is 1.68. The van der Waals surface area contributed by atoms with Crippen molar-refractivity contribution in [1.82, 2.24) is 24.6 Å². The summed E-state index contributed by atoms with van der Waals surface area (Å²) in [6.45, 7) is 3.76. The van der Waals surface area contributed by atoms with E-state index in [1.165, 1.54) is 0 Å². The molecular formula is C24H28N8O. The number of amides is 1. The highest BCUT2D eigenvalue weighted by atomic mass is 16.1. The van der Waals surface area contributed by atoms with Crippen molar-refractivity contribution in [2.75, 3.05) is 49.2 Å². The van der Waals surface area contributed by atoms with Crippen LogP contribution in [0.5, 0.6) is 0 Å². The Hall–Kier alpha value is -3.72. The first-order chi connectivity index (χ1) is 16.0. The van der Waals surface area contributed by atoms with E-state index in [9.17, 15) is 4.79 Å². The predicted molar refractivity (Wildman–Crippen MR) is 129 cm³/mol. The molecule has 1 saturated heterocycles. The van der Waals surface area contributed by atoms with Crippen molar-refractivity contribution < 1.29 is 4.79 Å². The van der Waals surface area contributed by atoms with Crippen LogP contribution in [0, 0.1) is 0 Å². The summed E-state index contributed by atoms with van der Waals surface area (Å²) in [4.78, 5) is 26.4. The Balaban J connectivity index is 1.35. The molecule has 5 rings (SSSR count). The molecule has 1 amide bonds. The van der Waals surface area contributed by atoms with Gasteiger partial charge in [-0.25, -0.2) is 9.97 Å². The lowest BCUT2D eigenvalue weighted by Gasteiger charge is -2.33. The molecule has 9 heteroatoms. The summed E-state index contributed by atoms with van der Waals surface area (Å²) in [7, 11) is 3.95. The molecule has 1 atom stereocenters. The summed E-state index contributed by atoms with van der Waals surface area (Å²) in [6.07, 6.45) is 10.5. The Morgan fingerprint density at radius 2 is 1.91 bits per heavy atom. The topological polar surface area (TPSA) is 105 Å². The van der Waals surface area contributed by atoms with E-state index in [1.807, 2.05) is 25.4 Å². The van der Waals surface area contributed by atoms with Crippen molar-refractivity contribution in [3.63, 3.8) is 0 Å². The lowest BCUT2D eigenvalue weighted by atomic mass is 9.92. The molecule has 1 fully saturated rings. The maximum atomic E-state index is 13.0. The van der Waals surface area contributed by atoms with Crippen LogP contribution in [0.25, 0.3) is 12.2 Å². The fraction of sp³-hybridized carbons (Fsp3) is 0.333. The van der Waals surface area contributed by atoms with Gasteiger partial charge in [-0.2, -0.15) is 5.10 Å². The first kappa shape index (κ1) is 21.1. The normalized spacial score (nSPS) is 18.2. The number of hydrogen-bond donors (Lipinski definition) is 2. The molecule has 0 radical (unpaired) electrons. The summed E-state index contributed by atoms with van der Waals surface area (Å²) in [5.41, 5.74) is 7.75. The molecule has 4 heterocycles. The third-order valence-electron chi connectivity index (χ3n) is 6.43. The van der Waals surface area contributed by atoms with E-state index in [0.29, 0.717) is 17.2 Å². The Labute approximate surface area is 192 Å². The zero-order valence-corrected chi connectivity index (χ0v) is 18.9. The van der Waals surface area contributed by atoms with E-state index < -0.39 is 0 Å². The summed E-state index contributed by atoms with van der Waals surface area (Å²) >= 11 is 0. The number of fused-ring (bicyclic) bond motifs is 1. The molecule has 0 aromatic carbocycles. The molecular weight excluding hydrogens is 416 g/mol. The van der Waals surface area contributed by atoms with E-state index in [2.05, 4.69) is 49.4 Å². The average Bonchev–Trinajstić information content (AvgIpc) is 3.17. The van der Waals surface area contributed by atoms with Gasteiger partial charge in [-0.15, -0.1) is 0 Å². The highest BCUT2D eigenvalue weighted by molar-refractivity contribution is 6.04. The van der Waals surface area contributed by atoms with Crippen LogP contribution in [0.15, 0.2) is 36.8 Å². The first-order valence-electron chi connectivity index (χ1n) is 11.1. The predicted octanol–water partition coefficient (Wildman–Crippen LogP) is 0.545. The minimum Gasteiger partial charge on any atom is -0.384 e. The molecule has 3 N–H and O–H groups in total. The fourth-order valence-electron chi connectivity index (χ4n) is 4.33. The van der Waals surface area contributed by atoms with Gasteiger partial charge in [0.05, 0.1) is 6.20 Å². The molecule has 33 heavy (non-hydrogen) atoms. The lowest BCUT2D eigenvalue weighted by molar-refractivity contribution is 0.102. The number of likely N-dealkylation sites (N-methyl/N-ethyl adjacent to an activating group) is 1. The maximum absolute atomic E-state index is 13.0. The second-order valence-corrected chi connectivity index (χ2v) is 8.67. The lowest BCUT2D eigenvalue weighted by Crippen LogP contribution is -2.44. The molecule has 0 bridgehead atoms. The minimum absolute atomic E-state index is 0.142. The number of hydrogen-bond acceptors (Lipinski definition) is 7. The molecule has 9 nitrogen and oxygen atoms in total. The number of nitrogens with two attached hydrogens (primary N) is 1. The zero-order valence-electron chi connectivity index (χ0n) is 18.9. The van der Waals surface area contributed by atoms with Gasteiger partial charge in [-0.05, 0) is 42.1 Å².